The van der Waals surface area contributed by atoms with Gasteiger partial charge in [0.2, 0.25) is 5.88 Å². The minimum Gasteiger partial charge on any atom is -0.473 e. The molecule has 3 atom stereocenters. The smallest absolute Gasteiger partial charge is 0.274 e. The number of likely N-dealkylation sites (N-methyl/N-ethyl adjacent to an activating group) is 1. The summed E-state index contributed by atoms with van der Waals surface area (Å²) in [6, 6.07) is 10.0. The molecule has 5 heterocycles. The van der Waals surface area contributed by atoms with Crippen LogP contribution in [0.15, 0.2) is 35.0 Å². The molecular formula is C35H39N9O3. The number of amides is 1. The highest BCUT2D eigenvalue weighted by atomic mass is 16.5. The van der Waals surface area contributed by atoms with Gasteiger partial charge in [-0.1, -0.05) is 11.2 Å². The number of nitrogens with two attached hydrogens (primary N) is 1. The summed E-state index contributed by atoms with van der Waals surface area (Å²) < 4.78 is 14.4. The van der Waals surface area contributed by atoms with E-state index >= 15 is 0 Å². The van der Waals surface area contributed by atoms with Crippen LogP contribution in [-0.4, -0.2) is 79.4 Å². The maximum atomic E-state index is 13.1. The van der Waals surface area contributed by atoms with Crippen LogP contribution < -0.4 is 10.5 Å². The minimum atomic E-state index is -0.472. The first-order chi connectivity index (χ1) is 22.9. The standard InChI is InChI=1S/C35H39N9O3/c1-21(27-8-6-15-42(27)2)46-29-19-28(44-18-12-26(40-44)34(45)43-16-3-4-17-43)38-33(39-29)31-23-7-5-13-35(32(23)47-41-31)14-11-22-9-10-25(37)24(20-36)30(22)35/h9-10,12,18-19,21,27H,3-8,11,13-17,37H2,1-2H3. The molecule has 0 saturated carbocycles. The zero-order chi connectivity index (χ0) is 32.3. The molecule has 1 spiro atoms. The van der Waals surface area contributed by atoms with E-state index in [-0.39, 0.29) is 18.1 Å². The Morgan fingerprint density at radius 2 is 1.98 bits per heavy atom. The Morgan fingerprint density at radius 1 is 1.13 bits per heavy atom. The molecule has 47 heavy (non-hydrogen) atoms. The number of nitrogen functional groups attached to an aromatic ring is 1. The van der Waals surface area contributed by atoms with Gasteiger partial charge in [-0.2, -0.15) is 15.3 Å². The van der Waals surface area contributed by atoms with Crippen molar-refractivity contribution in [2.75, 3.05) is 32.4 Å². The van der Waals surface area contributed by atoms with Gasteiger partial charge in [-0.15, -0.1) is 0 Å². The number of anilines is 1. The van der Waals surface area contributed by atoms with E-state index in [2.05, 4.69) is 35.2 Å². The van der Waals surface area contributed by atoms with E-state index in [1.807, 2.05) is 17.0 Å². The van der Waals surface area contributed by atoms with E-state index < -0.39 is 5.41 Å². The van der Waals surface area contributed by atoms with Crippen molar-refractivity contribution in [1.82, 2.24) is 34.7 Å². The molecule has 1 amide bonds. The maximum Gasteiger partial charge on any atom is 0.274 e. The number of fused-ring (bicyclic) bond motifs is 4. The normalized spacial score (nSPS) is 22.7. The van der Waals surface area contributed by atoms with Gasteiger partial charge in [0.1, 0.15) is 12.2 Å². The van der Waals surface area contributed by atoms with Crippen molar-refractivity contribution < 1.29 is 14.1 Å². The fourth-order valence-electron chi connectivity index (χ4n) is 8.40. The first-order valence-electron chi connectivity index (χ1n) is 16.8. The molecule has 3 unspecified atom stereocenters. The molecule has 12 heteroatoms. The highest BCUT2D eigenvalue weighted by Crippen LogP contribution is 2.54. The predicted octanol–water partition coefficient (Wildman–Crippen LogP) is 4.44. The van der Waals surface area contributed by atoms with Crippen molar-refractivity contribution in [1.29, 1.82) is 5.26 Å². The summed E-state index contributed by atoms with van der Waals surface area (Å²) in [6.07, 6.45) is 10.0. The zero-order valence-electron chi connectivity index (χ0n) is 26.9. The van der Waals surface area contributed by atoms with E-state index in [4.69, 9.17) is 25.0 Å². The summed E-state index contributed by atoms with van der Waals surface area (Å²) in [5.41, 5.74) is 10.9. The Kier molecular flexibility index (Phi) is 7.24. The van der Waals surface area contributed by atoms with Gasteiger partial charge >= 0.3 is 0 Å². The molecule has 0 radical (unpaired) electrons. The molecule has 2 fully saturated rings. The number of benzene rings is 1. The molecule has 3 aromatic heterocycles. The van der Waals surface area contributed by atoms with Crippen LogP contribution in [0, 0.1) is 11.3 Å². The van der Waals surface area contributed by atoms with Crippen LogP contribution >= 0.6 is 0 Å². The molecular weight excluding hydrogens is 594 g/mol. The van der Waals surface area contributed by atoms with Gasteiger partial charge in [-0.25, -0.2) is 9.67 Å². The largest absolute Gasteiger partial charge is 0.473 e. The Morgan fingerprint density at radius 3 is 2.77 bits per heavy atom. The lowest BCUT2D eigenvalue weighted by Gasteiger charge is -2.33. The van der Waals surface area contributed by atoms with Crippen LogP contribution in [0.3, 0.4) is 0 Å². The van der Waals surface area contributed by atoms with Crippen molar-refractivity contribution in [3.63, 3.8) is 0 Å². The summed E-state index contributed by atoms with van der Waals surface area (Å²) in [4.78, 5) is 27.1. The van der Waals surface area contributed by atoms with Crippen LogP contribution in [0.25, 0.3) is 17.3 Å². The average molecular weight is 634 g/mol. The van der Waals surface area contributed by atoms with E-state index in [1.165, 1.54) is 0 Å². The third kappa shape index (κ3) is 4.87. The average Bonchev–Trinajstić information content (AvgIpc) is 3.92. The number of ether oxygens (including phenoxy) is 1. The Labute approximate surface area is 273 Å². The fourth-order valence-corrected chi connectivity index (χ4v) is 8.40. The topological polar surface area (TPSA) is 152 Å². The lowest BCUT2D eigenvalue weighted by Crippen LogP contribution is -2.38. The van der Waals surface area contributed by atoms with Crippen molar-refractivity contribution in [2.24, 2.45) is 0 Å². The first kappa shape index (κ1) is 29.6. The van der Waals surface area contributed by atoms with Crippen molar-refractivity contribution in [3.05, 3.63) is 64.2 Å². The number of likely N-dealkylation sites (tertiary alicyclic amines) is 2. The number of aromatic nitrogens is 5. The second kappa shape index (κ2) is 11.5. The number of carbonyl (C=O) groups is 1. The fraction of sp³-hybridized carbons (Fsp3) is 0.486. The summed E-state index contributed by atoms with van der Waals surface area (Å²) in [5.74, 6) is 1.96. The molecule has 12 nitrogen and oxygen atoms in total. The predicted molar refractivity (Wildman–Crippen MR) is 173 cm³/mol. The summed E-state index contributed by atoms with van der Waals surface area (Å²) in [6.45, 7) is 4.61. The lowest BCUT2D eigenvalue weighted by molar-refractivity contribution is 0.0786. The van der Waals surface area contributed by atoms with Crippen molar-refractivity contribution in [2.45, 2.75) is 82.3 Å². The second-order valence-electron chi connectivity index (χ2n) is 13.5. The summed E-state index contributed by atoms with van der Waals surface area (Å²) in [5, 5.41) is 19.4. The molecule has 4 aromatic rings. The van der Waals surface area contributed by atoms with Gasteiger partial charge in [0.15, 0.2) is 28.8 Å². The monoisotopic (exact) mass is 633 g/mol. The van der Waals surface area contributed by atoms with Gasteiger partial charge < -0.3 is 19.9 Å². The minimum absolute atomic E-state index is 0.0741. The molecule has 2 aliphatic heterocycles. The van der Waals surface area contributed by atoms with Crippen LogP contribution in [0.5, 0.6) is 5.88 Å². The lowest BCUT2D eigenvalue weighted by atomic mass is 9.68. The molecule has 8 rings (SSSR count). The maximum absolute atomic E-state index is 13.1. The molecule has 2 saturated heterocycles. The molecule has 242 valence electrons. The number of aryl methyl sites for hydroxylation is 1. The first-order valence-corrected chi connectivity index (χ1v) is 16.8. The van der Waals surface area contributed by atoms with Crippen molar-refractivity contribution >= 4 is 11.6 Å². The number of hydrogen-bond donors (Lipinski definition) is 1. The number of nitriles is 1. The Hall–Kier alpha value is -4.76. The van der Waals surface area contributed by atoms with Gasteiger partial charge in [-0.05, 0) is 102 Å². The van der Waals surface area contributed by atoms with Gasteiger partial charge in [0.05, 0.1) is 11.0 Å². The SMILES string of the molecule is CC(Oc1cc(-n2ccc(C(=O)N3CCCC3)n2)nc(-c2noc3c2CCCC32CCc3ccc(N)c(C#N)c32)n1)C1CCCN1C. The molecule has 4 aliphatic rings. The number of rotatable bonds is 6. The van der Waals surface area contributed by atoms with Crippen LogP contribution in [0.2, 0.25) is 0 Å². The van der Waals surface area contributed by atoms with Gasteiger partial charge in [-0.3, -0.25) is 9.69 Å². The quantitative estimate of drug-likeness (QED) is 0.302. The third-order valence-electron chi connectivity index (χ3n) is 10.8. The van der Waals surface area contributed by atoms with Crippen molar-refractivity contribution in [3.8, 4) is 29.3 Å². The van der Waals surface area contributed by atoms with E-state index in [1.54, 1.807) is 23.0 Å². The summed E-state index contributed by atoms with van der Waals surface area (Å²) in [7, 11) is 2.13. The number of carbonyl (C=O) groups excluding carboxylic acids is 1. The van der Waals surface area contributed by atoms with Crippen LogP contribution in [0.4, 0.5) is 5.69 Å². The summed E-state index contributed by atoms with van der Waals surface area (Å²) >= 11 is 0. The highest BCUT2D eigenvalue weighted by Gasteiger charge is 2.49. The zero-order valence-corrected chi connectivity index (χ0v) is 26.9. The van der Waals surface area contributed by atoms with Crippen LogP contribution in [-0.2, 0) is 18.3 Å². The van der Waals surface area contributed by atoms with E-state index in [0.717, 1.165) is 99.9 Å². The van der Waals surface area contributed by atoms with Crippen LogP contribution in [0.1, 0.15) is 90.4 Å². The van der Waals surface area contributed by atoms with E-state index in [0.29, 0.717) is 40.2 Å². The molecule has 2 N–H and O–H groups in total. The molecule has 2 aliphatic carbocycles. The Bertz CT molecular complexity index is 1900. The molecule has 1 aromatic carbocycles. The van der Waals surface area contributed by atoms with Gasteiger partial charge in [0.25, 0.3) is 5.91 Å². The number of nitrogens with zero attached hydrogens (tertiary/aromatic N) is 8. The Balaban J connectivity index is 1.21. The third-order valence-corrected chi connectivity index (χ3v) is 10.8. The highest BCUT2D eigenvalue weighted by molar-refractivity contribution is 5.92. The van der Waals surface area contributed by atoms with Gasteiger partial charge in [0, 0.05) is 42.6 Å². The second-order valence-corrected chi connectivity index (χ2v) is 13.5. The molecule has 0 bridgehead atoms. The van der Waals surface area contributed by atoms with E-state index in [9.17, 15) is 10.1 Å². The number of hydrogen-bond acceptors (Lipinski definition) is 10.